The number of hydrogen-bond donors (Lipinski definition) is 1. The molecule has 0 aliphatic rings. The van der Waals surface area contributed by atoms with E-state index in [1.807, 2.05) is 53.1 Å². The van der Waals surface area contributed by atoms with Crippen LogP contribution in [0.3, 0.4) is 0 Å². The minimum atomic E-state index is -0.115. The first kappa shape index (κ1) is 19.4. The molecule has 0 atom stereocenters. The summed E-state index contributed by atoms with van der Waals surface area (Å²) in [4.78, 5) is 16.4. The van der Waals surface area contributed by atoms with Crippen LogP contribution in [0.15, 0.2) is 81.2 Å². The molecule has 7 nitrogen and oxygen atoms in total. The van der Waals surface area contributed by atoms with Crippen LogP contribution in [-0.2, 0) is 11.3 Å². The van der Waals surface area contributed by atoms with E-state index in [9.17, 15) is 4.79 Å². The van der Waals surface area contributed by atoms with Crippen molar-refractivity contribution in [1.82, 2.24) is 19.7 Å². The molecule has 4 rings (SSSR count). The van der Waals surface area contributed by atoms with Gasteiger partial charge in [0.05, 0.1) is 18.6 Å². The molecule has 3 aromatic heterocycles. The van der Waals surface area contributed by atoms with E-state index in [2.05, 4.69) is 36.4 Å². The third-order valence-corrected chi connectivity index (χ3v) is 5.51. The van der Waals surface area contributed by atoms with E-state index >= 15 is 0 Å². The van der Waals surface area contributed by atoms with E-state index in [1.54, 1.807) is 18.7 Å². The zero-order valence-electron chi connectivity index (χ0n) is 15.2. The van der Waals surface area contributed by atoms with E-state index in [0.717, 1.165) is 21.5 Å². The van der Waals surface area contributed by atoms with Gasteiger partial charge in [-0.05, 0) is 48.5 Å². The number of rotatable bonds is 7. The Morgan fingerprint density at radius 2 is 1.90 bits per heavy atom. The van der Waals surface area contributed by atoms with Crippen molar-refractivity contribution in [3.63, 3.8) is 0 Å². The minimum absolute atomic E-state index is 0.115. The SMILES string of the molecule is O=C(CSc1nnc(-c2ccncc2)n1Cc1ccco1)Nc1ccc(Br)cc1. The van der Waals surface area contributed by atoms with Gasteiger partial charge in [0.15, 0.2) is 11.0 Å². The highest BCUT2D eigenvalue weighted by Crippen LogP contribution is 2.25. The number of carbonyl (C=O) groups excluding carboxylic acids is 1. The predicted molar refractivity (Wildman–Crippen MR) is 115 cm³/mol. The van der Waals surface area contributed by atoms with Gasteiger partial charge in [0.2, 0.25) is 5.91 Å². The Labute approximate surface area is 179 Å². The number of halogens is 1. The molecular weight excluding hydrogens is 454 g/mol. The summed E-state index contributed by atoms with van der Waals surface area (Å²) in [6.45, 7) is 0.467. The fraction of sp³-hybridized carbons (Fsp3) is 0.100. The Kier molecular flexibility index (Phi) is 6.06. The molecule has 1 N–H and O–H groups in total. The number of anilines is 1. The zero-order valence-corrected chi connectivity index (χ0v) is 17.6. The largest absolute Gasteiger partial charge is 0.467 e. The lowest BCUT2D eigenvalue weighted by molar-refractivity contribution is -0.113. The summed E-state index contributed by atoms with van der Waals surface area (Å²) in [7, 11) is 0. The summed E-state index contributed by atoms with van der Waals surface area (Å²) < 4.78 is 8.38. The lowest BCUT2D eigenvalue weighted by atomic mass is 10.2. The summed E-state index contributed by atoms with van der Waals surface area (Å²) in [5, 5.41) is 12.1. The third-order valence-electron chi connectivity index (χ3n) is 4.01. The standard InChI is InChI=1S/C20H16BrN5O2S/c21-15-3-5-16(6-4-15)23-18(27)13-29-20-25-24-19(14-7-9-22-10-8-14)26(20)12-17-2-1-11-28-17/h1-11H,12-13H2,(H,23,27). The van der Waals surface area contributed by atoms with E-state index in [0.29, 0.717) is 17.5 Å². The highest BCUT2D eigenvalue weighted by atomic mass is 79.9. The molecule has 3 heterocycles. The van der Waals surface area contributed by atoms with Crippen molar-refractivity contribution in [2.75, 3.05) is 11.1 Å². The monoisotopic (exact) mass is 469 g/mol. The number of amides is 1. The smallest absolute Gasteiger partial charge is 0.234 e. The maximum absolute atomic E-state index is 12.3. The number of nitrogens with zero attached hydrogens (tertiary/aromatic N) is 4. The van der Waals surface area contributed by atoms with E-state index in [1.165, 1.54) is 11.8 Å². The molecule has 0 unspecified atom stereocenters. The maximum atomic E-state index is 12.3. The lowest BCUT2D eigenvalue weighted by Gasteiger charge is -2.09. The quantitative estimate of drug-likeness (QED) is 0.401. The Morgan fingerprint density at radius 1 is 1.10 bits per heavy atom. The zero-order chi connectivity index (χ0) is 20.1. The van der Waals surface area contributed by atoms with Crippen LogP contribution in [0.1, 0.15) is 5.76 Å². The molecule has 1 aromatic carbocycles. The summed E-state index contributed by atoms with van der Waals surface area (Å²) in [5.74, 6) is 1.57. The molecule has 0 bridgehead atoms. The Bertz CT molecular complexity index is 1080. The van der Waals surface area contributed by atoms with E-state index in [4.69, 9.17) is 4.42 Å². The molecular formula is C20H16BrN5O2S. The number of aromatic nitrogens is 4. The van der Waals surface area contributed by atoms with Gasteiger partial charge in [-0.3, -0.25) is 14.3 Å². The van der Waals surface area contributed by atoms with Crippen molar-refractivity contribution < 1.29 is 9.21 Å². The Hall–Kier alpha value is -2.91. The average Bonchev–Trinajstić information content (AvgIpc) is 3.39. The molecule has 0 aliphatic carbocycles. The molecule has 9 heteroatoms. The Balaban J connectivity index is 1.51. The number of pyridine rings is 1. The Morgan fingerprint density at radius 3 is 2.62 bits per heavy atom. The van der Waals surface area contributed by atoms with Gasteiger partial charge in [0.1, 0.15) is 5.76 Å². The average molecular weight is 470 g/mol. The summed E-state index contributed by atoms with van der Waals surface area (Å²) in [5.41, 5.74) is 1.64. The minimum Gasteiger partial charge on any atom is -0.467 e. The van der Waals surface area contributed by atoms with Gasteiger partial charge in [-0.1, -0.05) is 27.7 Å². The lowest BCUT2D eigenvalue weighted by Crippen LogP contribution is -2.14. The van der Waals surface area contributed by atoms with Gasteiger partial charge in [0.25, 0.3) is 0 Å². The number of furan rings is 1. The van der Waals surface area contributed by atoms with E-state index in [-0.39, 0.29) is 11.7 Å². The van der Waals surface area contributed by atoms with Crippen LogP contribution in [0.4, 0.5) is 5.69 Å². The van der Waals surface area contributed by atoms with Crippen LogP contribution in [-0.4, -0.2) is 31.4 Å². The molecule has 1 amide bonds. The highest BCUT2D eigenvalue weighted by molar-refractivity contribution is 9.10. The van der Waals surface area contributed by atoms with Crippen molar-refractivity contribution >= 4 is 39.3 Å². The van der Waals surface area contributed by atoms with E-state index < -0.39 is 0 Å². The van der Waals surface area contributed by atoms with Crippen LogP contribution < -0.4 is 5.32 Å². The second kappa shape index (κ2) is 9.06. The molecule has 29 heavy (non-hydrogen) atoms. The van der Waals surface area contributed by atoms with Gasteiger partial charge in [0, 0.05) is 28.1 Å². The number of carbonyl (C=O) groups is 1. The first-order chi connectivity index (χ1) is 14.2. The molecule has 4 aromatic rings. The van der Waals surface area contributed by atoms with Crippen molar-refractivity contribution in [1.29, 1.82) is 0 Å². The third kappa shape index (κ3) is 4.93. The fourth-order valence-electron chi connectivity index (χ4n) is 2.67. The number of benzene rings is 1. The molecule has 0 fully saturated rings. The van der Waals surface area contributed by atoms with Crippen molar-refractivity contribution in [2.24, 2.45) is 0 Å². The fourth-order valence-corrected chi connectivity index (χ4v) is 3.67. The van der Waals surface area contributed by atoms with Crippen LogP contribution in [0.5, 0.6) is 0 Å². The topological polar surface area (TPSA) is 85.8 Å². The number of hydrogen-bond acceptors (Lipinski definition) is 6. The van der Waals surface area contributed by atoms with Gasteiger partial charge in [-0.2, -0.15) is 0 Å². The maximum Gasteiger partial charge on any atom is 0.234 e. The van der Waals surface area contributed by atoms with Gasteiger partial charge in [-0.15, -0.1) is 10.2 Å². The normalized spacial score (nSPS) is 10.8. The van der Waals surface area contributed by atoms with Gasteiger partial charge in [-0.25, -0.2) is 0 Å². The molecule has 0 radical (unpaired) electrons. The van der Waals surface area contributed by atoms with Gasteiger partial charge < -0.3 is 9.73 Å². The summed E-state index contributed by atoms with van der Waals surface area (Å²) in [6.07, 6.45) is 5.05. The van der Waals surface area contributed by atoms with Crippen molar-refractivity contribution in [2.45, 2.75) is 11.7 Å². The first-order valence-corrected chi connectivity index (χ1v) is 10.5. The highest BCUT2D eigenvalue weighted by Gasteiger charge is 2.17. The van der Waals surface area contributed by atoms with Crippen LogP contribution in [0.2, 0.25) is 0 Å². The van der Waals surface area contributed by atoms with Crippen molar-refractivity contribution in [3.8, 4) is 11.4 Å². The predicted octanol–water partition coefficient (Wildman–Crippen LogP) is 4.47. The van der Waals surface area contributed by atoms with Crippen LogP contribution >= 0.6 is 27.7 Å². The number of nitrogens with one attached hydrogen (secondary N) is 1. The second-order valence-electron chi connectivity index (χ2n) is 6.05. The first-order valence-electron chi connectivity index (χ1n) is 8.73. The van der Waals surface area contributed by atoms with Crippen molar-refractivity contribution in [3.05, 3.63) is 77.4 Å². The van der Waals surface area contributed by atoms with Crippen LogP contribution in [0, 0.1) is 0 Å². The molecule has 0 saturated carbocycles. The molecule has 0 spiro atoms. The van der Waals surface area contributed by atoms with Crippen LogP contribution in [0.25, 0.3) is 11.4 Å². The molecule has 0 saturated heterocycles. The molecule has 0 aliphatic heterocycles. The number of thioether (sulfide) groups is 1. The summed E-state index contributed by atoms with van der Waals surface area (Å²) in [6, 6.07) is 14.9. The summed E-state index contributed by atoms with van der Waals surface area (Å²) >= 11 is 4.71. The molecule has 146 valence electrons. The second-order valence-corrected chi connectivity index (χ2v) is 7.91. The van der Waals surface area contributed by atoms with Gasteiger partial charge >= 0.3 is 0 Å².